The van der Waals surface area contributed by atoms with Crippen LogP contribution in [0.3, 0.4) is 0 Å². The molecule has 1 saturated heterocycles. The fraction of sp³-hybridized carbons (Fsp3) is 0.320. The Balaban J connectivity index is 1.51. The van der Waals surface area contributed by atoms with Crippen molar-refractivity contribution in [2.24, 2.45) is 11.0 Å². The SMILES string of the molecule is Cc1ccc(S(=O)(=O)N/N=C(\c2c(Cl)cccc2Cl)N2CCN(c3ncc(Cl)cn3)CC2C2CC2)cc1. The Morgan fingerprint density at radius 2 is 1.65 bits per heavy atom. The average molecular weight is 580 g/mol. The van der Waals surface area contributed by atoms with E-state index in [0.29, 0.717) is 58.0 Å². The van der Waals surface area contributed by atoms with E-state index in [-0.39, 0.29) is 10.9 Å². The molecule has 0 spiro atoms. The summed E-state index contributed by atoms with van der Waals surface area (Å²) in [6, 6.07) is 11.8. The van der Waals surface area contributed by atoms with E-state index in [1.54, 1.807) is 54.9 Å². The van der Waals surface area contributed by atoms with Gasteiger partial charge in [0.2, 0.25) is 5.95 Å². The summed E-state index contributed by atoms with van der Waals surface area (Å²) in [5.41, 5.74) is 1.44. The molecular weight excluding hydrogens is 555 g/mol. The first-order chi connectivity index (χ1) is 17.7. The molecule has 194 valence electrons. The molecule has 1 aliphatic carbocycles. The van der Waals surface area contributed by atoms with Crippen molar-refractivity contribution in [2.75, 3.05) is 24.5 Å². The molecule has 2 aromatic carbocycles. The number of anilines is 1. The summed E-state index contributed by atoms with van der Waals surface area (Å²) >= 11 is 19.2. The molecule has 2 fully saturated rings. The normalized spacial score (nSPS) is 18.7. The third-order valence-corrected chi connectivity index (χ3v) is 8.59. The molecule has 1 unspecified atom stereocenters. The van der Waals surface area contributed by atoms with Crippen LogP contribution >= 0.6 is 34.8 Å². The second-order valence-corrected chi connectivity index (χ2v) is 12.1. The number of piperazine rings is 1. The Bertz CT molecular complexity index is 1390. The highest BCUT2D eigenvalue weighted by Gasteiger charge is 2.41. The molecule has 37 heavy (non-hydrogen) atoms. The van der Waals surface area contributed by atoms with Crippen LogP contribution in [0.25, 0.3) is 0 Å². The highest BCUT2D eigenvalue weighted by atomic mass is 35.5. The minimum atomic E-state index is -3.92. The van der Waals surface area contributed by atoms with Gasteiger partial charge in [-0.3, -0.25) is 0 Å². The number of aryl methyl sites for hydroxylation is 1. The van der Waals surface area contributed by atoms with Gasteiger partial charge in [-0.1, -0.05) is 58.6 Å². The molecule has 12 heteroatoms. The van der Waals surface area contributed by atoms with Gasteiger partial charge in [-0.25, -0.2) is 9.97 Å². The molecule has 8 nitrogen and oxygen atoms in total. The zero-order chi connectivity index (χ0) is 26.2. The van der Waals surface area contributed by atoms with Crippen molar-refractivity contribution in [2.45, 2.75) is 30.7 Å². The minimum Gasteiger partial charge on any atom is -0.348 e. The third kappa shape index (κ3) is 5.80. The van der Waals surface area contributed by atoms with Crippen LogP contribution in [-0.2, 0) is 10.0 Å². The van der Waals surface area contributed by atoms with Crippen LogP contribution in [0.4, 0.5) is 5.95 Å². The van der Waals surface area contributed by atoms with Crippen LogP contribution < -0.4 is 9.73 Å². The first kappa shape index (κ1) is 26.0. The maximum absolute atomic E-state index is 13.1. The topological polar surface area (TPSA) is 90.8 Å². The number of sulfonamides is 1. The van der Waals surface area contributed by atoms with Crippen molar-refractivity contribution in [3.63, 3.8) is 0 Å². The fourth-order valence-electron chi connectivity index (χ4n) is 4.46. The maximum Gasteiger partial charge on any atom is 0.276 e. The Kier molecular flexibility index (Phi) is 7.49. The molecule has 1 aliphatic heterocycles. The van der Waals surface area contributed by atoms with Gasteiger partial charge in [0.1, 0.15) is 0 Å². The highest BCUT2D eigenvalue weighted by molar-refractivity contribution is 7.89. The summed E-state index contributed by atoms with van der Waals surface area (Å²) in [5.74, 6) is 1.40. The van der Waals surface area contributed by atoms with Crippen LogP contribution in [0, 0.1) is 12.8 Å². The van der Waals surface area contributed by atoms with E-state index in [2.05, 4.69) is 29.7 Å². The summed E-state index contributed by atoms with van der Waals surface area (Å²) in [5, 5.41) is 5.70. The predicted octanol–water partition coefficient (Wildman–Crippen LogP) is 4.99. The van der Waals surface area contributed by atoms with Crippen LogP contribution in [0.2, 0.25) is 15.1 Å². The zero-order valence-corrected chi connectivity index (χ0v) is 23.1. The number of halogens is 3. The van der Waals surface area contributed by atoms with Crippen molar-refractivity contribution < 1.29 is 8.42 Å². The molecule has 0 bridgehead atoms. The van der Waals surface area contributed by atoms with E-state index in [1.165, 1.54) is 0 Å². The van der Waals surface area contributed by atoms with Crippen molar-refractivity contribution in [1.29, 1.82) is 0 Å². The summed E-state index contributed by atoms with van der Waals surface area (Å²) in [6.45, 7) is 3.67. The number of benzene rings is 2. The lowest BCUT2D eigenvalue weighted by Gasteiger charge is -2.43. The summed E-state index contributed by atoms with van der Waals surface area (Å²) in [4.78, 5) is 15.5. The van der Waals surface area contributed by atoms with E-state index in [1.807, 2.05) is 6.92 Å². The monoisotopic (exact) mass is 578 g/mol. The van der Waals surface area contributed by atoms with Gasteiger partial charge in [-0.15, -0.1) is 5.10 Å². The van der Waals surface area contributed by atoms with Gasteiger partial charge < -0.3 is 9.80 Å². The van der Waals surface area contributed by atoms with Gasteiger partial charge in [-0.2, -0.15) is 13.2 Å². The largest absolute Gasteiger partial charge is 0.348 e. The molecule has 0 amide bonds. The standard InChI is InChI=1S/C25H25Cl3N6O2S/c1-16-5-9-19(10-6-16)37(35,36)32-31-24(23-20(27)3-2-4-21(23)28)34-12-11-33(15-22(34)17-7-8-17)25-29-13-18(26)14-30-25/h2-6,9-10,13-14,17,22,32H,7-8,11-12,15H2,1H3/b31-24+. The summed E-state index contributed by atoms with van der Waals surface area (Å²) < 4.78 is 26.2. The number of hydrazone groups is 1. The van der Waals surface area contributed by atoms with Crippen LogP contribution in [0.15, 0.2) is 64.9 Å². The number of hydrogen-bond donors (Lipinski definition) is 1. The molecule has 2 aliphatic rings. The highest BCUT2D eigenvalue weighted by Crippen LogP contribution is 2.39. The molecule has 1 aromatic heterocycles. The van der Waals surface area contributed by atoms with E-state index in [0.717, 1.165) is 18.4 Å². The minimum absolute atomic E-state index is 0.0306. The summed E-state index contributed by atoms with van der Waals surface area (Å²) in [7, 11) is -3.92. The molecule has 1 N–H and O–H groups in total. The van der Waals surface area contributed by atoms with Gasteiger partial charge >= 0.3 is 0 Å². The lowest BCUT2D eigenvalue weighted by atomic mass is 10.0. The van der Waals surface area contributed by atoms with Crippen molar-refractivity contribution in [3.05, 3.63) is 81.1 Å². The Labute approximate surface area is 231 Å². The van der Waals surface area contributed by atoms with E-state index in [4.69, 9.17) is 34.8 Å². The van der Waals surface area contributed by atoms with Crippen LogP contribution in [0.5, 0.6) is 0 Å². The van der Waals surface area contributed by atoms with Crippen molar-refractivity contribution in [1.82, 2.24) is 19.7 Å². The van der Waals surface area contributed by atoms with E-state index >= 15 is 0 Å². The number of nitrogens with one attached hydrogen (secondary N) is 1. The van der Waals surface area contributed by atoms with Crippen LogP contribution in [0.1, 0.15) is 24.0 Å². The smallest absolute Gasteiger partial charge is 0.276 e. The van der Waals surface area contributed by atoms with Gasteiger partial charge in [-0.05, 0) is 49.9 Å². The molecule has 0 radical (unpaired) electrons. The second-order valence-electron chi connectivity index (χ2n) is 9.19. The van der Waals surface area contributed by atoms with Gasteiger partial charge in [0.25, 0.3) is 10.0 Å². The average Bonchev–Trinajstić information content (AvgIpc) is 3.72. The lowest BCUT2D eigenvalue weighted by Crippen LogP contribution is -2.57. The van der Waals surface area contributed by atoms with E-state index < -0.39 is 10.0 Å². The van der Waals surface area contributed by atoms with E-state index in [9.17, 15) is 8.42 Å². The van der Waals surface area contributed by atoms with Crippen molar-refractivity contribution >= 4 is 56.6 Å². The quantitative estimate of drug-likeness (QED) is 0.252. The number of aromatic nitrogens is 2. The lowest BCUT2D eigenvalue weighted by molar-refractivity contribution is 0.252. The zero-order valence-electron chi connectivity index (χ0n) is 20.0. The third-order valence-electron chi connectivity index (χ3n) is 6.54. The molecule has 1 saturated carbocycles. The summed E-state index contributed by atoms with van der Waals surface area (Å²) in [6.07, 6.45) is 5.29. The maximum atomic E-state index is 13.1. The first-order valence-corrected chi connectivity index (χ1v) is 14.4. The van der Waals surface area contributed by atoms with Gasteiger partial charge in [0.05, 0.1) is 44.0 Å². The fourth-order valence-corrected chi connectivity index (χ4v) is 5.93. The number of rotatable bonds is 6. The molecule has 5 rings (SSSR count). The predicted molar refractivity (Wildman–Crippen MR) is 147 cm³/mol. The Morgan fingerprint density at radius 3 is 2.27 bits per heavy atom. The molecule has 3 aromatic rings. The number of amidine groups is 1. The van der Waals surface area contributed by atoms with Crippen LogP contribution in [-0.4, -0.2) is 54.8 Å². The van der Waals surface area contributed by atoms with Crippen molar-refractivity contribution in [3.8, 4) is 0 Å². The second kappa shape index (κ2) is 10.6. The Morgan fingerprint density at radius 1 is 1.00 bits per heavy atom. The Hall–Kier alpha value is -2.59. The molecule has 2 heterocycles. The molecule has 1 atom stereocenters. The van der Waals surface area contributed by atoms with Gasteiger partial charge in [0.15, 0.2) is 5.84 Å². The number of hydrogen-bond acceptors (Lipinski definition) is 6. The first-order valence-electron chi connectivity index (χ1n) is 11.8. The van der Waals surface area contributed by atoms with Gasteiger partial charge in [0, 0.05) is 19.6 Å². The molecular formula is C25H25Cl3N6O2S. The number of nitrogens with zero attached hydrogens (tertiary/aromatic N) is 5.